The van der Waals surface area contributed by atoms with Gasteiger partial charge >= 0.3 is 0 Å². The van der Waals surface area contributed by atoms with E-state index < -0.39 is 0 Å². The van der Waals surface area contributed by atoms with E-state index in [0.29, 0.717) is 55.4 Å². The van der Waals surface area contributed by atoms with Gasteiger partial charge < -0.3 is 9.26 Å². The number of hydrogen-bond donors (Lipinski definition) is 0. The molecule has 6 rings (SSSR count). The number of nitrogens with zero attached hydrogens (tertiary/aromatic N) is 1. The van der Waals surface area contributed by atoms with Crippen LogP contribution in [0, 0.1) is 0 Å². The highest BCUT2D eigenvalue weighted by molar-refractivity contribution is 6.39. The molecule has 7 heteroatoms. The number of carbonyl (C=O) groups excluding carboxylic acids is 1. The molecule has 1 heterocycles. The summed E-state index contributed by atoms with van der Waals surface area (Å²) in [5.74, 6) is 2.56. The average Bonchev–Trinajstić information content (AvgIpc) is 3.81. The molecule has 0 saturated heterocycles. The zero-order valence-electron chi connectivity index (χ0n) is 19.2. The van der Waals surface area contributed by atoms with Crippen LogP contribution >= 0.6 is 34.8 Å². The normalized spacial score (nSPS) is 18.8. The number of hydrogen-bond acceptors (Lipinski definition) is 4. The molecule has 2 aliphatic rings. The molecule has 0 amide bonds. The second-order valence-corrected chi connectivity index (χ2v) is 10.7. The first-order valence-electron chi connectivity index (χ1n) is 11.9. The molecule has 0 radical (unpaired) electrons. The molecule has 0 aliphatic heterocycles. The minimum Gasteiger partial charge on any atom is -0.489 e. The summed E-state index contributed by atoms with van der Waals surface area (Å²) in [6.07, 6.45) is 4.03. The molecule has 2 fully saturated rings. The van der Waals surface area contributed by atoms with Gasteiger partial charge in [-0.15, -0.1) is 0 Å². The number of aldehydes is 1. The molecule has 0 spiro atoms. The van der Waals surface area contributed by atoms with Crippen LogP contribution in [0.15, 0.2) is 65.2 Å². The zero-order chi connectivity index (χ0) is 24.8. The Hall–Kier alpha value is -2.79. The van der Waals surface area contributed by atoms with Gasteiger partial charge in [0.15, 0.2) is 0 Å². The molecule has 182 valence electrons. The minimum absolute atomic E-state index is 0.270. The third kappa shape index (κ3) is 4.54. The van der Waals surface area contributed by atoms with Gasteiger partial charge in [0.05, 0.1) is 15.6 Å². The summed E-state index contributed by atoms with van der Waals surface area (Å²) in [6, 6.07) is 19.0. The molecule has 3 aromatic carbocycles. The van der Waals surface area contributed by atoms with Crippen LogP contribution in [-0.4, -0.2) is 11.4 Å². The zero-order valence-corrected chi connectivity index (χ0v) is 21.5. The fourth-order valence-corrected chi connectivity index (χ4v) is 5.76. The lowest BCUT2D eigenvalue weighted by Crippen LogP contribution is -2.00. The van der Waals surface area contributed by atoms with Gasteiger partial charge in [0.2, 0.25) is 0 Å². The highest BCUT2D eigenvalue weighted by atomic mass is 35.5. The van der Waals surface area contributed by atoms with Gasteiger partial charge in [0.25, 0.3) is 0 Å². The molecular weight excluding hydrogens is 517 g/mol. The lowest BCUT2D eigenvalue weighted by atomic mass is 10.0. The molecule has 36 heavy (non-hydrogen) atoms. The average molecular weight is 539 g/mol. The van der Waals surface area contributed by atoms with Gasteiger partial charge in [-0.05, 0) is 72.6 Å². The van der Waals surface area contributed by atoms with Crippen LogP contribution in [0.2, 0.25) is 15.1 Å². The first-order chi connectivity index (χ1) is 17.5. The molecule has 4 aromatic rings. The van der Waals surface area contributed by atoms with E-state index in [1.54, 1.807) is 18.2 Å². The van der Waals surface area contributed by atoms with Gasteiger partial charge in [0.1, 0.15) is 30.1 Å². The third-order valence-corrected chi connectivity index (χ3v) is 7.94. The SMILES string of the molecule is O=Cc1cccc(C2CC2c2ccc(OCc3c(-c4c(Cl)cccc4Cl)noc3C3CC3)cc2Cl)c1. The van der Waals surface area contributed by atoms with Crippen molar-refractivity contribution in [1.82, 2.24) is 5.16 Å². The summed E-state index contributed by atoms with van der Waals surface area (Å²) in [7, 11) is 0. The lowest BCUT2D eigenvalue weighted by molar-refractivity contribution is 0.112. The molecular formula is C29H22Cl3NO3. The van der Waals surface area contributed by atoms with Crippen molar-refractivity contribution in [2.24, 2.45) is 0 Å². The summed E-state index contributed by atoms with van der Waals surface area (Å²) in [5.41, 5.74) is 5.11. The first kappa shape index (κ1) is 23.6. The highest BCUT2D eigenvalue weighted by Gasteiger charge is 2.40. The van der Waals surface area contributed by atoms with Crippen molar-refractivity contribution in [2.75, 3.05) is 0 Å². The molecule has 2 aliphatic carbocycles. The molecule has 2 unspecified atom stereocenters. The van der Waals surface area contributed by atoms with Crippen LogP contribution in [0.25, 0.3) is 11.3 Å². The topological polar surface area (TPSA) is 52.3 Å². The van der Waals surface area contributed by atoms with E-state index >= 15 is 0 Å². The maximum Gasteiger partial charge on any atom is 0.150 e. The summed E-state index contributed by atoms with van der Waals surface area (Å²) < 4.78 is 11.9. The molecule has 0 bridgehead atoms. The van der Waals surface area contributed by atoms with Crippen molar-refractivity contribution in [1.29, 1.82) is 0 Å². The smallest absolute Gasteiger partial charge is 0.150 e. The van der Waals surface area contributed by atoms with Crippen molar-refractivity contribution in [2.45, 2.75) is 43.6 Å². The van der Waals surface area contributed by atoms with E-state index in [2.05, 4.69) is 11.2 Å². The van der Waals surface area contributed by atoms with E-state index in [4.69, 9.17) is 44.1 Å². The Morgan fingerprint density at radius 3 is 2.44 bits per heavy atom. The summed E-state index contributed by atoms with van der Waals surface area (Å²) in [6.45, 7) is 0.270. The fourth-order valence-electron chi connectivity index (χ4n) is 4.87. The van der Waals surface area contributed by atoms with Crippen LogP contribution in [0.4, 0.5) is 0 Å². The van der Waals surface area contributed by atoms with E-state index in [0.717, 1.165) is 42.4 Å². The number of rotatable bonds is 8. The largest absolute Gasteiger partial charge is 0.489 e. The third-order valence-electron chi connectivity index (χ3n) is 6.99. The second kappa shape index (κ2) is 9.59. The molecule has 2 saturated carbocycles. The van der Waals surface area contributed by atoms with Crippen molar-refractivity contribution >= 4 is 41.1 Å². The molecule has 1 aromatic heterocycles. The van der Waals surface area contributed by atoms with Crippen molar-refractivity contribution in [3.8, 4) is 17.0 Å². The van der Waals surface area contributed by atoms with E-state index in [9.17, 15) is 4.79 Å². The maximum absolute atomic E-state index is 11.1. The standard InChI is InChI=1S/C29H22Cl3NO3/c30-24-5-2-6-25(31)27(24)28-23(29(36-33-28)17-7-8-17)15-35-19-9-10-20(26(32)12-19)22-13-21(22)18-4-1-3-16(11-18)14-34/h1-6,9-12,14,17,21-22H,7-8,13,15H2. The Morgan fingerprint density at radius 1 is 0.944 bits per heavy atom. The van der Waals surface area contributed by atoms with Gasteiger partial charge in [-0.1, -0.05) is 70.3 Å². The Morgan fingerprint density at radius 2 is 1.72 bits per heavy atom. The van der Waals surface area contributed by atoms with Crippen LogP contribution in [0.1, 0.15) is 69.8 Å². The van der Waals surface area contributed by atoms with Crippen LogP contribution in [0.3, 0.4) is 0 Å². The predicted octanol–water partition coefficient (Wildman–Crippen LogP) is 8.84. The lowest BCUT2D eigenvalue weighted by Gasteiger charge is -2.11. The Balaban J connectivity index is 1.21. The molecule has 2 atom stereocenters. The van der Waals surface area contributed by atoms with Crippen molar-refractivity contribution < 1.29 is 14.1 Å². The van der Waals surface area contributed by atoms with Crippen LogP contribution in [0.5, 0.6) is 5.75 Å². The van der Waals surface area contributed by atoms with E-state index in [-0.39, 0.29) is 6.61 Å². The van der Waals surface area contributed by atoms with Gasteiger partial charge in [-0.3, -0.25) is 4.79 Å². The van der Waals surface area contributed by atoms with E-state index in [1.807, 2.05) is 36.4 Å². The predicted molar refractivity (Wildman–Crippen MR) is 142 cm³/mol. The second-order valence-electron chi connectivity index (χ2n) is 9.45. The number of aromatic nitrogens is 1. The summed E-state index contributed by atoms with van der Waals surface area (Å²) in [5, 5.41) is 6.03. The highest BCUT2D eigenvalue weighted by Crippen LogP contribution is 2.56. The van der Waals surface area contributed by atoms with Crippen LogP contribution < -0.4 is 4.74 Å². The Bertz CT molecular complexity index is 1440. The quantitative estimate of drug-likeness (QED) is 0.210. The molecule has 4 nitrogen and oxygen atoms in total. The fraction of sp³-hybridized carbons (Fsp3) is 0.241. The monoisotopic (exact) mass is 537 g/mol. The van der Waals surface area contributed by atoms with Crippen LogP contribution in [-0.2, 0) is 6.61 Å². The minimum atomic E-state index is 0.270. The molecule has 0 N–H and O–H groups in total. The summed E-state index contributed by atoms with van der Waals surface area (Å²) >= 11 is 19.6. The van der Waals surface area contributed by atoms with E-state index in [1.165, 1.54) is 5.56 Å². The van der Waals surface area contributed by atoms with Gasteiger partial charge in [-0.25, -0.2) is 0 Å². The van der Waals surface area contributed by atoms with Gasteiger partial charge in [-0.2, -0.15) is 0 Å². The summed E-state index contributed by atoms with van der Waals surface area (Å²) in [4.78, 5) is 11.1. The van der Waals surface area contributed by atoms with Crippen molar-refractivity contribution in [3.63, 3.8) is 0 Å². The number of benzene rings is 3. The number of ether oxygens (including phenoxy) is 1. The van der Waals surface area contributed by atoms with Crippen molar-refractivity contribution in [3.05, 3.63) is 104 Å². The Labute approximate surface area is 224 Å². The van der Waals surface area contributed by atoms with Gasteiger partial charge in [0, 0.05) is 22.1 Å². The first-order valence-corrected chi connectivity index (χ1v) is 13.1. The maximum atomic E-state index is 11.1. The Kier molecular flexibility index (Phi) is 6.28. The number of halogens is 3. The number of carbonyl (C=O) groups is 1.